The molecule has 0 aliphatic rings. The van der Waals surface area contributed by atoms with Crippen molar-refractivity contribution in [2.24, 2.45) is 0 Å². The van der Waals surface area contributed by atoms with E-state index in [1.807, 2.05) is 13.8 Å². The largest absolute Gasteiger partial charge is 0.298 e. The molecule has 78 valence electrons. The van der Waals surface area contributed by atoms with Gasteiger partial charge in [-0.1, -0.05) is 0 Å². The van der Waals surface area contributed by atoms with Gasteiger partial charge in [0, 0.05) is 11.6 Å². The van der Waals surface area contributed by atoms with Gasteiger partial charge in [-0.3, -0.25) is 14.7 Å². The molecule has 4 nitrogen and oxygen atoms in total. The highest BCUT2D eigenvalue weighted by atomic mass is 16.1. The van der Waals surface area contributed by atoms with Gasteiger partial charge < -0.3 is 0 Å². The summed E-state index contributed by atoms with van der Waals surface area (Å²) in [6, 6.07) is 5.14. The van der Waals surface area contributed by atoms with Gasteiger partial charge in [0.2, 0.25) is 0 Å². The molecule has 0 unspecified atom stereocenters. The van der Waals surface area contributed by atoms with Crippen molar-refractivity contribution in [1.29, 1.82) is 0 Å². The van der Waals surface area contributed by atoms with Crippen molar-refractivity contribution in [2.45, 2.75) is 19.9 Å². The Labute approximate surface area is 86.5 Å². The van der Waals surface area contributed by atoms with Crippen LogP contribution in [0.2, 0.25) is 0 Å². The quantitative estimate of drug-likeness (QED) is 0.757. The van der Waals surface area contributed by atoms with Crippen molar-refractivity contribution in [1.82, 2.24) is 9.78 Å². The highest BCUT2D eigenvalue weighted by Crippen LogP contribution is 2.11. The normalized spacial score (nSPS) is 11.1. The van der Waals surface area contributed by atoms with E-state index >= 15 is 0 Å². The average molecular weight is 204 g/mol. The van der Waals surface area contributed by atoms with E-state index in [2.05, 4.69) is 5.10 Å². The second-order valence-corrected chi connectivity index (χ2v) is 3.80. The molecule has 1 heterocycles. The van der Waals surface area contributed by atoms with Gasteiger partial charge in [0.1, 0.15) is 6.29 Å². The van der Waals surface area contributed by atoms with E-state index in [1.54, 1.807) is 22.9 Å². The van der Waals surface area contributed by atoms with Gasteiger partial charge in [-0.25, -0.2) is 4.68 Å². The average Bonchev–Trinajstić information content (AvgIpc) is 2.56. The lowest BCUT2D eigenvalue weighted by Gasteiger charge is -2.02. The van der Waals surface area contributed by atoms with Crippen LogP contribution in [0.1, 0.15) is 30.2 Å². The fraction of sp³-hybridized carbons (Fsp3) is 0.273. The lowest BCUT2D eigenvalue weighted by molar-refractivity contribution is 0.112. The Morgan fingerprint density at radius 3 is 2.73 bits per heavy atom. The van der Waals surface area contributed by atoms with Gasteiger partial charge in [-0.05, 0) is 32.0 Å². The summed E-state index contributed by atoms with van der Waals surface area (Å²) in [5, 5.41) is 3.57. The molecule has 0 spiro atoms. The third kappa shape index (κ3) is 1.48. The molecule has 0 aliphatic carbocycles. The van der Waals surface area contributed by atoms with Gasteiger partial charge in [0.25, 0.3) is 5.56 Å². The SMILES string of the molecule is CC(C)n1[nH]c2ccc(C=O)cc2c1=O. The van der Waals surface area contributed by atoms with Crippen molar-refractivity contribution in [3.8, 4) is 0 Å². The molecule has 4 heteroatoms. The van der Waals surface area contributed by atoms with Gasteiger partial charge in [-0.2, -0.15) is 0 Å². The van der Waals surface area contributed by atoms with Crippen LogP contribution in [0, 0.1) is 0 Å². The van der Waals surface area contributed by atoms with Crippen molar-refractivity contribution >= 4 is 17.2 Å². The summed E-state index contributed by atoms with van der Waals surface area (Å²) in [6.45, 7) is 3.86. The predicted molar refractivity (Wildman–Crippen MR) is 58.3 cm³/mol. The Kier molecular flexibility index (Phi) is 2.19. The molecule has 2 aromatic rings. The number of aromatic nitrogens is 2. The Morgan fingerprint density at radius 1 is 1.40 bits per heavy atom. The second kappa shape index (κ2) is 3.38. The van der Waals surface area contributed by atoms with Gasteiger partial charge >= 0.3 is 0 Å². The van der Waals surface area contributed by atoms with E-state index in [0.717, 1.165) is 11.8 Å². The molecule has 0 aliphatic heterocycles. The maximum atomic E-state index is 11.9. The summed E-state index contributed by atoms with van der Waals surface area (Å²) >= 11 is 0. The Morgan fingerprint density at radius 2 is 2.13 bits per heavy atom. The molecule has 0 radical (unpaired) electrons. The van der Waals surface area contributed by atoms with Crippen LogP contribution in [0.5, 0.6) is 0 Å². The van der Waals surface area contributed by atoms with E-state index in [-0.39, 0.29) is 11.6 Å². The zero-order valence-corrected chi connectivity index (χ0v) is 8.65. The number of rotatable bonds is 2. The van der Waals surface area contributed by atoms with Crippen molar-refractivity contribution in [3.05, 3.63) is 34.1 Å². The number of fused-ring (bicyclic) bond motifs is 1. The smallest absolute Gasteiger partial charge is 0.274 e. The third-order valence-electron chi connectivity index (χ3n) is 2.39. The van der Waals surface area contributed by atoms with Crippen molar-refractivity contribution < 1.29 is 4.79 Å². The van der Waals surface area contributed by atoms with Crippen LogP contribution >= 0.6 is 0 Å². The molecule has 0 saturated heterocycles. The van der Waals surface area contributed by atoms with Crippen LogP contribution in [0.4, 0.5) is 0 Å². The lowest BCUT2D eigenvalue weighted by atomic mass is 10.2. The van der Waals surface area contributed by atoms with E-state index < -0.39 is 0 Å². The summed E-state index contributed by atoms with van der Waals surface area (Å²) in [6.07, 6.45) is 0.742. The summed E-state index contributed by atoms with van der Waals surface area (Å²) in [7, 11) is 0. The van der Waals surface area contributed by atoms with E-state index in [0.29, 0.717) is 10.9 Å². The summed E-state index contributed by atoms with van der Waals surface area (Å²) in [5.41, 5.74) is 1.21. The lowest BCUT2D eigenvalue weighted by Crippen LogP contribution is -2.18. The first-order valence-electron chi connectivity index (χ1n) is 4.83. The summed E-state index contributed by atoms with van der Waals surface area (Å²) in [4.78, 5) is 22.4. The number of aromatic amines is 1. The van der Waals surface area contributed by atoms with Crippen LogP contribution < -0.4 is 5.56 Å². The Balaban J connectivity index is 2.78. The number of hydrogen-bond donors (Lipinski definition) is 1. The maximum absolute atomic E-state index is 11.9. The van der Waals surface area contributed by atoms with Gasteiger partial charge in [-0.15, -0.1) is 0 Å². The molecule has 1 aromatic heterocycles. The number of aldehydes is 1. The van der Waals surface area contributed by atoms with Gasteiger partial charge in [0.15, 0.2) is 0 Å². The van der Waals surface area contributed by atoms with E-state index in [1.165, 1.54) is 0 Å². The highest BCUT2D eigenvalue weighted by Gasteiger charge is 2.08. The molecular weight excluding hydrogens is 192 g/mol. The summed E-state index contributed by atoms with van der Waals surface area (Å²) in [5.74, 6) is 0. The van der Waals surface area contributed by atoms with Crippen LogP contribution in [0.25, 0.3) is 10.9 Å². The van der Waals surface area contributed by atoms with E-state index in [4.69, 9.17) is 0 Å². The third-order valence-corrected chi connectivity index (χ3v) is 2.39. The summed E-state index contributed by atoms with van der Waals surface area (Å²) < 4.78 is 1.55. The van der Waals surface area contributed by atoms with Crippen molar-refractivity contribution in [2.75, 3.05) is 0 Å². The molecule has 0 bridgehead atoms. The topological polar surface area (TPSA) is 54.9 Å². The molecular formula is C11H12N2O2. The molecule has 15 heavy (non-hydrogen) atoms. The maximum Gasteiger partial charge on any atom is 0.274 e. The number of carbonyl (C=O) groups excluding carboxylic acids is 1. The first kappa shape index (κ1) is 9.71. The number of carbonyl (C=O) groups is 1. The van der Waals surface area contributed by atoms with Gasteiger partial charge in [0.05, 0.1) is 10.9 Å². The number of benzene rings is 1. The first-order valence-corrected chi connectivity index (χ1v) is 4.83. The monoisotopic (exact) mass is 204 g/mol. The minimum atomic E-state index is -0.0799. The predicted octanol–water partition coefficient (Wildman–Crippen LogP) is 1.72. The standard InChI is InChI=1S/C11H12N2O2/c1-7(2)13-11(15)9-5-8(6-14)3-4-10(9)12-13/h3-7,12H,1-2H3. The van der Waals surface area contributed by atoms with Crippen LogP contribution in [0.15, 0.2) is 23.0 Å². The zero-order valence-electron chi connectivity index (χ0n) is 8.65. The number of nitrogens with zero attached hydrogens (tertiary/aromatic N) is 1. The molecule has 0 amide bonds. The Bertz CT molecular complexity index is 563. The molecule has 0 saturated carbocycles. The second-order valence-electron chi connectivity index (χ2n) is 3.80. The fourth-order valence-electron chi connectivity index (χ4n) is 1.58. The number of H-pyrrole nitrogens is 1. The fourth-order valence-corrected chi connectivity index (χ4v) is 1.58. The highest BCUT2D eigenvalue weighted by molar-refractivity contribution is 5.86. The first-order chi connectivity index (χ1) is 7.13. The van der Waals surface area contributed by atoms with Crippen LogP contribution in [0.3, 0.4) is 0 Å². The Hall–Kier alpha value is -1.84. The zero-order chi connectivity index (χ0) is 11.0. The molecule has 0 atom stereocenters. The minimum Gasteiger partial charge on any atom is -0.298 e. The molecule has 1 aromatic carbocycles. The molecule has 0 fully saturated rings. The van der Waals surface area contributed by atoms with Crippen LogP contribution in [-0.4, -0.2) is 16.1 Å². The molecule has 1 N–H and O–H groups in total. The van der Waals surface area contributed by atoms with Crippen molar-refractivity contribution in [3.63, 3.8) is 0 Å². The minimum absolute atomic E-state index is 0.0799. The molecule has 2 rings (SSSR count). The van der Waals surface area contributed by atoms with E-state index in [9.17, 15) is 9.59 Å². The number of hydrogen-bond acceptors (Lipinski definition) is 2. The number of nitrogens with one attached hydrogen (secondary N) is 1. The van der Waals surface area contributed by atoms with Crippen LogP contribution in [-0.2, 0) is 0 Å².